The smallest absolute Gasteiger partial charge is 0.280 e. The summed E-state index contributed by atoms with van der Waals surface area (Å²) in [6.45, 7) is 0. The van der Waals surface area contributed by atoms with E-state index in [1.54, 1.807) is 7.05 Å². The van der Waals surface area contributed by atoms with Crippen molar-refractivity contribution >= 4 is 43.5 Å². The zero-order valence-corrected chi connectivity index (χ0v) is 16.9. The lowest BCUT2D eigenvalue weighted by Crippen LogP contribution is -2.28. The average molecular weight is 487 g/mol. The maximum absolute atomic E-state index is 13.1. The summed E-state index contributed by atoms with van der Waals surface area (Å²) in [4.78, 5) is 14.3. The summed E-state index contributed by atoms with van der Waals surface area (Å²) >= 11 is 7.10. The number of allylic oxidation sites excluding steroid dienone is 1. The Labute approximate surface area is 165 Å². The molecule has 2 unspecified atom stereocenters. The summed E-state index contributed by atoms with van der Waals surface area (Å²) < 4.78 is 27.2. The molecule has 1 amide bonds. The standard InChI is InChI=1S/C18H15Br2F2N3O/c1-25(18(26)11-7-23-24-15(11)17(21)22)12-4-2-3-8-9-5-6-10(13(8)12)14(9)16(19)20/h2-4,7,9-10,17H,5-6H2,1H3,(H,23,24). The maximum atomic E-state index is 13.1. The summed E-state index contributed by atoms with van der Waals surface area (Å²) in [5, 5.41) is 5.84. The maximum Gasteiger partial charge on any atom is 0.280 e. The number of nitrogens with zero attached hydrogens (tertiary/aromatic N) is 2. The van der Waals surface area contributed by atoms with Crippen LogP contribution >= 0.6 is 31.9 Å². The van der Waals surface area contributed by atoms with Crippen LogP contribution in [0.25, 0.3) is 0 Å². The number of aromatic amines is 1. The highest BCUT2D eigenvalue weighted by molar-refractivity contribution is 9.28. The number of rotatable bonds is 3. The van der Waals surface area contributed by atoms with Crippen molar-refractivity contribution in [2.45, 2.75) is 31.1 Å². The number of H-pyrrole nitrogens is 1. The summed E-state index contributed by atoms with van der Waals surface area (Å²) in [5.41, 5.74) is 3.85. The first-order chi connectivity index (χ1) is 12.4. The van der Waals surface area contributed by atoms with Crippen LogP contribution in [0.4, 0.5) is 14.5 Å². The van der Waals surface area contributed by atoms with Gasteiger partial charge in [0.25, 0.3) is 12.3 Å². The van der Waals surface area contributed by atoms with E-state index in [0.717, 1.165) is 33.7 Å². The highest BCUT2D eigenvalue weighted by Crippen LogP contribution is 2.61. The number of amides is 1. The number of nitrogens with one attached hydrogen (secondary N) is 1. The Hall–Kier alpha value is -1.54. The molecule has 0 spiro atoms. The van der Waals surface area contributed by atoms with E-state index < -0.39 is 18.0 Å². The average Bonchev–Trinajstić information content (AvgIpc) is 3.33. The molecule has 4 nitrogen and oxygen atoms in total. The summed E-state index contributed by atoms with van der Waals surface area (Å²) in [7, 11) is 1.62. The molecule has 26 heavy (non-hydrogen) atoms. The molecular formula is C18H15Br2F2N3O. The zero-order chi connectivity index (χ0) is 18.6. The molecule has 1 N–H and O–H groups in total. The van der Waals surface area contributed by atoms with E-state index in [1.165, 1.54) is 16.0 Å². The second-order valence-electron chi connectivity index (χ2n) is 6.54. The number of carbonyl (C=O) groups is 1. The van der Waals surface area contributed by atoms with Gasteiger partial charge in [-0.15, -0.1) is 0 Å². The van der Waals surface area contributed by atoms with Gasteiger partial charge in [-0.2, -0.15) is 5.10 Å². The number of hydrogen-bond acceptors (Lipinski definition) is 2. The monoisotopic (exact) mass is 485 g/mol. The van der Waals surface area contributed by atoms with E-state index in [2.05, 4.69) is 48.1 Å². The Kier molecular flexibility index (Phi) is 4.51. The van der Waals surface area contributed by atoms with Gasteiger partial charge in [-0.1, -0.05) is 12.1 Å². The van der Waals surface area contributed by atoms with E-state index >= 15 is 0 Å². The van der Waals surface area contributed by atoms with Crippen LogP contribution in [0.15, 0.2) is 33.4 Å². The van der Waals surface area contributed by atoms with Crippen molar-refractivity contribution in [2.75, 3.05) is 11.9 Å². The highest BCUT2D eigenvalue weighted by atomic mass is 79.9. The van der Waals surface area contributed by atoms with Crippen LogP contribution < -0.4 is 4.90 Å². The molecule has 2 atom stereocenters. The fourth-order valence-electron chi connectivity index (χ4n) is 4.24. The predicted octanol–water partition coefficient (Wildman–Crippen LogP) is 5.60. The predicted molar refractivity (Wildman–Crippen MR) is 102 cm³/mol. The Morgan fingerprint density at radius 2 is 2.04 bits per heavy atom. The van der Waals surface area contributed by atoms with Crippen LogP contribution in [0.5, 0.6) is 0 Å². The number of aromatic nitrogens is 2. The Bertz CT molecular complexity index is 921. The summed E-state index contributed by atoms with van der Waals surface area (Å²) in [6, 6.07) is 5.88. The molecule has 136 valence electrons. The molecule has 1 aromatic heterocycles. The lowest BCUT2D eigenvalue weighted by molar-refractivity contribution is 0.0977. The minimum Gasteiger partial charge on any atom is -0.311 e. The third-order valence-corrected chi connectivity index (χ3v) is 6.25. The van der Waals surface area contributed by atoms with Gasteiger partial charge >= 0.3 is 0 Å². The number of carbonyl (C=O) groups excluding carboxylic acids is 1. The zero-order valence-electron chi connectivity index (χ0n) is 13.8. The van der Waals surface area contributed by atoms with Crippen LogP contribution in [0.2, 0.25) is 0 Å². The third-order valence-electron chi connectivity index (χ3n) is 5.34. The van der Waals surface area contributed by atoms with Crippen molar-refractivity contribution in [1.29, 1.82) is 0 Å². The van der Waals surface area contributed by atoms with Crippen LogP contribution in [-0.4, -0.2) is 23.2 Å². The SMILES string of the molecule is CN(C(=O)c1cn[nH]c1C(F)F)c1cccc2c1C1CCC2C1=C(Br)Br. The van der Waals surface area contributed by atoms with Crippen molar-refractivity contribution in [3.63, 3.8) is 0 Å². The number of alkyl halides is 2. The van der Waals surface area contributed by atoms with Gasteiger partial charge in [0.05, 0.1) is 15.2 Å². The fourth-order valence-corrected chi connectivity index (χ4v) is 5.35. The van der Waals surface area contributed by atoms with E-state index in [-0.39, 0.29) is 11.5 Å². The first kappa shape index (κ1) is 17.9. The topological polar surface area (TPSA) is 49.0 Å². The van der Waals surface area contributed by atoms with Gasteiger partial charge in [0.1, 0.15) is 5.69 Å². The van der Waals surface area contributed by atoms with Crippen molar-refractivity contribution < 1.29 is 13.6 Å². The number of hydrogen-bond donors (Lipinski definition) is 1. The molecule has 8 heteroatoms. The minimum absolute atomic E-state index is 0.0966. The van der Waals surface area contributed by atoms with Crippen molar-refractivity contribution in [1.82, 2.24) is 10.2 Å². The summed E-state index contributed by atoms with van der Waals surface area (Å²) in [5.74, 6) is 0.0699. The van der Waals surface area contributed by atoms with Gasteiger partial charge < -0.3 is 4.90 Å². The van der Waals surface area contributed by atoms with E-state index in [9.17, 15) is 13.6 Å². The van der Waals surface area contributed by atoms with E-state index in [1.807, 2.05) is 12.1 Å². The number of anilines is 1. The lowest BCUT2D eigenvalue weighted by Gasteiger charge is -2.25. The normalized spacial score (nSPS) is 20.6. The quantitative estimate of drug-likeness (QED) is 0.613. The van der Waals surface area contributed by atoms with Gasteiger partial charge in [0.2, 0.25) is 0 Å². The van der Waals surface area contributed by atoms with Crippen molar-refractivity contribution in [2.24, 2.45) is 0 Å². The molecule has 1 aromatic carbocycles. The number of halogens is 4. The second kappa shape index (κ2) is 6.56. The Morgan fingerprint density at radius 3 is 2.73 bits per heavy atom. The van der Waals surface area contributed by atoms with Crippen LogP contribution in [0.3, 0.4) is 0 Å². The molecule has 2 aliphatic rings. The molecule has 4 rings (SSSR count). The van der Waals surface area contributed by atoms with Gasteiger partial charge in [0, 0.05) is 24.6 Å². The van der Waals surface area contributed by atoms with Gasteiger partial charge in [-0.3, -0.25) is 9.89 Å². The van der Waals surface area contributed by atoms with Crippen LogP contribution in [0, 0.1) is 0 Å². The van der Waals surface area contributed by atoms with Gasteiger partial charge in [-0.25, -0.2) is 8.78 Å². The van der Waals surface area contributed by atoms with Crippen molar-refractivity contribution in [3.8, 4) is 0 Å². The van der Waals surface area contributed by atoms with Crippen molar-refractivity contribution in [3.05, 3.63) is 55.7 Å². The number of benzene rings is 1. The molecule has 1 saturated carbocycles. The first-order valence-electron chi connectivity index (χ1n) is 8.19. The fraction of sp³-hybridized carbons (Fsp3) is 0.333. The molecule has 2 aliphatic carbocycles. The molecule has 2 aromatic rings. The largest absolute Gasteiger partial charge is 0.311 e. The highest BCUT2D eigenvalue weighted by Gasteiger charge is 2.44. The Morgan fingerprint density at radius 1 is 1.31 bits per heavy atom. The minimum atomic E-state index is -2.78. The molecule has 2 bridgehead atoms. The molecule has 0 radical (unpaired) electrons. The molecule has 0 aliphatic heterocycles. The molecule has 1 fully saturated rings. The number of fused-ring (bicyclic) bond motifs is 5. The van der Waals surface area contributed by atoms with Crippen LogP contribution in [-0.2, 0) is 0 Å². The third kappa shape index (κ3) is 2.57. The van der Waals surface area contributed by atoms with Gasteiger partial charge in [0.15, 0.2) is 0 Å². The van der Waals surface area contributed by atoms with E-state index in [4.69, 9.17) is 0 Å². The lowest BCUT2D eigenvalue weighted by atomic mass is 9.90. The van der Waals surface area contributed by atoms with Crippen LogP contribution in [0.1, 0.15) is 58.3 Å². The molecule has 0 saturated heterocycles. The van der Waals surface area contributed by atoms with Gasteiger partial charge in [-0.05, 0) is 67.5 Å². The molecule has 1 heterocycles. The Balaban J connectivity index is 1.76. The first-order valence-corrected chi connectivity index (χ1v) is 9.77. The second-order valence-corrected chi connectivity index (χ2v) is 9.19. The van der Waals surface area contributed by atoms with E-state index in [0.29, 0.717) is 5.92 Å². The summed E-state index contributed by atoms with van der Waals surface area (Å²) in [6.07, 6.45) is 0.476. The molecular weight excluding hydrogens is 472 g/mol.